The van der Waals surface area contributed by atoms with Gasteiger partial charge in [-0.15, -0.1) is 0 Å². The standard InChI is InChI=1S/C41H43F4N5O5/c1-39(2,3)54-37(52)49-20-25(42)16-33(49)35-46-19-32(48-35)23-9-7-22(8-10-23)24-11-13-28-29-14-12-27(18-31(29)41(44,45)30(28)15-24)47-36(51)34-17-26(43)21-50(34)38(53)55-40(4,5)6/h7-15,18-19,25-26,33-34H,16-17,20-21H2,1-6H3,(H,46,48)(H,47,51)/t25-,26-,33-,34-/m0/s1. The van der Waals surface area contributed by atoms with Gasteiger partial charge in [0.15, 0.2) is 0 Å². The Morgan fingerprint density at radius 3 is 1.96 bits per heavy atom. The van der Waals surface area contributed by atoms with Gasteiger partial charge in [-0.3, -0.25) is 14.6 Å². The Morgan fingerprint density at radius 1 is 0.764 bits per heavy atom. The average Bonchev–Trinajstić information content (AvgIpc) is 3.88. The third-order valence-corrected chi connectivity index (χ3v) is 9.77. The average molecular weight is 762 g/mol. The molecule has 4 aromatic rings. The predicted molar refractivity (Wildman–Crippen MR) is 198 cm³/mol. The lowest BCUT2D eigenvalue weighted by molar-refractivity contribution is -0.120. The SMILES string of the molecule is CC(C)(C)OC(=O)N1C[C@@H](F)C[C@H]1C(=O)Nc1ccc2c(c1)C(F)(F)c1cc(-c3ccc(-c4cnc([C@@H]5C[C@H](F)CN5C(=O)OC(C)(C)C)[nH]4)cc3)ccc1-2. The van der Waals surface area contributed by atoms with Crippen molar-refractivity contribution in [3.8, 4) is 33.5 Å². The van der Waals surface area contributed by atoms with Crippen molar-refractivity contribution in [1.29, 1.82) is 0 Å². The van der Waals surface area contributed by atoms with Gasteiger partial charge in [-0.05, 0) is 87.6 Å². The lowest BCUT2D eigenvalue weighted by Gasteiger charge is -2.27. The molecule has 10 nitrogen and oxygen atoms in total. The lowest BCUT2D eigenvalue weighted by Crippen LogP contribution is -2.45. The largest absolute Gasteiger partial charge is 0.444 e. The number of alkyl halides is 4. The molecule has 3 aromatic carbocycles. The maximum atomic E-state index is 16.1. The van der Waals surface area contributed by atoms with Gasteiger partial charge in [0.2, 0.25) is 5.91 Å². The topological polar surface area (TPSA) is 117 Å². The van der Waals surface area contributed by atoms with Crippen molar-refractivity contribution in [3.63, 3.8) is 0 Å². The summed E-state index contributed by atoms with van der Waals surface area (Å²) in [7, 11) is 0. The van der Waals surface area contributed by atoms with E-state index in [1.165, 1.54) is 29.2 Å². The minimum absolute atomic E-state index is 0.0871. The number of hydrogen-bond acceptors (Lipinski definition) is 6. The maximum Gasteiger partial charge on any atom is 0.411 e. The number of nitrogens with one attached hydrogen (secondary N) is 2. The molecule has 0 saturated carbocycles. The molecule has 2 saturated heterocycles. The zero-order chi connectivity index (χ0) is 39.6. The minimum atomic E-state index is -3.39. The van der Waals surface area contributed by atoms with Crippen molar-refractivity contribution in [2.45, 2.75) is 95.9 Å². The third-order valence-electron chi connectivity index (χ3n) is 9.77. The van der Waals surface area contributed by atoms with Gasteiger partial charge in [0.05, 0.1) is 31.0 Å². The second-order valence-corrected chi connectivity index (χ2v) is 16.3. The monoisotopic (exact) mass is 761 g/mol. The number of rotatable bonds is 5. The molecule has 290 valence electrons. The Balaban J connectivity index is 1.06. The highest BCUT2D eigenvalue weighted by Gasteiger charge is 2.46. The molecule has 55 heavy (non-hydrogen) atoms. The molecular weight excluding hydrogens is 718 g/mol. The fourth-order valence-corrected chi connectivity index (χ4v) is 7.32. The van der Waals surface area contributed by atoms with Gasteiger partial charge in [0, 0.05) is 29.7 Å². The molecule has 0 unspecified atom stereocenters. The van der Waals surface area contributed by atoms with E-state index in [1.807, 2.05) is 12.1 Å². The number of anilines is 1. The quantitative estimate of drug-likeness (QED) is 0.196. The molecule has 1 aliphatic carbocycles. The van der Waals surface area contributed by atoms with E-state index in [0.29, 0.717) is 33.8 Å². The van der Waals surface area contributed by atoms with Crippen LogP contribution in [0.4, 0.5) is 32.8 Å². The number of H-pyrrole nitrogens is 1. The summed E-state index contributed by atoms with van der Waals surface area (Å²) < 4.78 is 71.9. The van der Waals surface area contributed by atoms with Crippen LogP contribution in [0.25, 0.3) is 33.5 Å². The number of aromatic amines is 1. The zero-order valence-electron chi connectivity index (χ0n) is 31.4. The molecule has 2 fully saturated rings. The third kappa shape index (κ3) is 7.63. The first-order chi connectivity index (χ1) is 25.8. The van der Waals surface area contributed by atoms with Crippen LogP contribution in [0.5, 0.6) is 0 Å². The van der Waals surface area contributed by atoms with Gasteiger partial charge >= 0.3 is 12.2 Å². The Bertz CT molecular complexity index is 2140. The Kier molecular flexibility index (Phi) is 9.45. The van der Waals surface area contributed by atoms with E-state index in [4.69, 9.17) is 9.47 Å². The molecule has 7 rings (SSSR count). The molecule has 14 heteroatoms. The van der Waals surface area contributed by atoms with Crippen LogP contribution >= 0.6 is 0 Å². The van der Waals surface area contributed by atoms with E-state index >= 15 is 8.78 Å². The Labute approximate surface area is 316 Å². The van der Waals surface area contributed by atoms with Crippen LogP contribution < -0.4 is 5.32 Å². The number of carbonyl (C=O) groups excluding carboxylic acids is 3. The van der Waals surface area contributed by atoms with Crippen molar-refractivity contribution in [2.75, 3.05) is 18.4 Å². The second-order valence-electron chi connectivity index (χ2n) is 16.3. The summed E-state index contributed by atoms with van der Waals surface area (Å²) in [5.41, 5.74) is 1.37. The zero-order valence-corrected chi connectivity index (χ0v) is 31.4. The number of nitrogens with zero attached hydrogens (tertiary/aromatic N) is 3. The molecule has 3 amide bonds. The van der Waals surface area contributed by atoms with E-state index < -0.39 is 59.6 Å². The van der Waals surface area contributed by atoms with E-state index in [9.17, 15) is 23.2 Å². The van der Waals surface area contributed by atoms with Crippen molar-refractivity contribution in [3.05, 3.63) is 83.8 Å². The number of carbonyl (C=O) groups is 3. The van der Waals surface area contributed by atoms with Crippen LogP contribution in [0.2, 0.25) is 0 Å². The highest BCUT2D eigenvalue weighted by atomic mass is 19.3. The minimum Gasteiger partial charge on any atom is -0.444 e. The van der Waals surface area contributed by atoms with Crippen molar-refractivity contribution in [2.24, 2.45) is 0 Å². The first kappa shape index (κ1) is 37.9. The molecule has 1 aromatic heterocycles. The summed E-state index contributed by atoms with van der Waals surface area (Å²) in [5, 5.41) is 2.60. The summed E-state index contributed by atoms with van der Waals surface area (Å²) in [6, 6.07) is 14.6. The number of amides is 3. The number of likely N-dealkylation sites (tertiary alicyclic amines) is 2. The number of benzene rings is 3. The summed E-state index contributed by atoms with van der Waals surface area (Å²) in [4.78, 5) is 48.8. The van der Waals surface area contributed by atoms with Crippen LogP contribution in [0.3, 0.4) is 0 Å². The summed E-state index contributed by atoms with van der Waals surface area (Å²) in [5.74, 6) is -3.65. The van der Waals surface area contributed by atoms with Crippen molar-refractivity contribution in [1.82, 2.24) is 19.8 Å². The molecule has 3 heterocycles. The molecule has 0 spiro atoms. The van der Waals surface area contributed by atoms with Crippen LogP contribution in [0, 0.1) is 0 Å². The number of aromatic nitrogens is 2. The van der Waals surface area contributed by atoms with Gasteiger partial charge in [-0.25, -0.2) is 23.4 Å². The number of halogens is 4. The Morgan fingerprint density at radius 2 is 1.31 bits per heavy atom. The normalized spacial score (nSPS) is 21.6. The van der Waals surface area contributed by atoms with Gasteiger partial charge < -0.3 is 19.8 Å². The molecule has 2 aliphatic heterocycles. The number of imidazole rings is 1. The first-order valence-corrected chi connectivity index (χ1v) is 18.2. The molecule has 4 atom stereocenters. The number of hydrogen-bond donors (Lipinski definition) is 2. The number of ether oxygens (including phenoxy) is 2. The first-order valence-electron chi connectivity index (χ1n) is 18.2. The summed E-state index contributed by atoms with van der Waals surface area (Å²) >= 11 is 0. The van der Waals surface area contributed by atoms with E-state index in [-0.39, 0.29) is 42.7 Å². The highest BCUT2D eigenvalue weighted by Crippen LogP contribution is 2.52. The van der Waals surface area contributed by atoms with Gasteiger partial charge in [0.25, 0.3) is 5.92 Å². The van der Waals surface area contributed by atoms with Gasteiger partial charge in [-0.1, -0.05) is 42.5 Å². The van der Waals surface area contributed by atoms with Gasteiger partial charge in [0.1, 0.15) is 35.4 Å². The van der Waals surface area contributed by atoms with Crippen LogP contribution in [0.15, 0.2) is 66.9 Å². The second kappa shape index (κ2) is 13.7. The van der Waals surface area contributed by atoms with Crippen molar-refractivity contribution < 1.29 is 41.4 Å². The fraction of sp³-hybridized carbons (Fsp3) is 0.415. The number of fused-ring (bicyclic) bond motifs is 3. The van der Waals surface area contributed by atoms with E-state index in [0.717, 1.165) is 10.5 Å². The smallest absolute Gasteiger partial charge is 0.411 e. The Hall–Kier alpha value is -5.40. The maximum absolute atomic E-state index is 16.1. The van der Waals surface area contributed by atoms with E-state index in [1.54, 1.807) is 72.0 Å². The lowest BCUT2D eigenvalue weighted by atomic mass is 9.97. The summed E-state index contributed by atoms with van der Waals surface area (Å²) in [6.07, 6.45) is -2.62. The molecule has 2 N–H and O–H groups in total. The molecular formula is C41H43F4N5O5. The molecule has 0 radical (unpaired) electrons. The van der Waals surface area contributed by atoms with Crippen LogP contribution in [-0.4, -0.2) is 80.5 Å². The van der Waals surface area contributed by atoms with E-state index in [2.05, 4.69) is 15.3 Å². The van der Waals surface area contributed by atoms with Gasteiger partial charge in [-0.2, -0.15) is 8.78 Å². The molecule has 0 bridgehead atoms. The predicted octanol–water partition coefficient (Wildman–Crippen LogP) is 9.17. The summed E-state index contributed by atoms with van der Waals surface area (Å²) in [6.45, 7) is 9.83. The van der Waals surface area contributed by atoms with Crippen molar-refractivity contribution >= 4 is 23.8 Å². The fourth-order valence-electron chi connectivity index (χ4n) is 7.32. The van der Waals surface area contributed by atoms with Crippen LogP contribution in [0.1, 0.15) is 77.4 Å². The highest BCUT2D eigenvalue weighted by molar-refractivity contribution is 5.98. The van der Waals surface area contributed by atoms with Crippen LogP contribution in [-0.2, 0) is 20.2 Å². The molecule has 3 aliphatic rings.